The fraction of sp³-hybridized carbons (Fsp3) is 0.933. The van der Waals surface area contributed by atoms with Crippen molar-refractivity contribution >= 4 is 5.91 Å². The van der Waals surface area contributed by atoms with Gasteiger partial charge >= 0.3 is 0 Å². The second-order valence-corrected chi connectivity index (χ2v) is 6.25. The molecule has 0 unspecified atom stereocenters. The van der Waals surface area contributed by atoms with Crippen LogP contribution >= 0.6 is 0 Å². The summed E-state index contributed by atoms with van der Waals surface area (Å²) in [6.07, 6.45) is 7.22. The summed E-state index contributed by atoms with van der Waals surface area (Å²) in [7, 11) is 2.14. The van der Waals surface area contributed by atoms with Gasteiger partial charge in [-0.05, 0) is 53.1 Å². The van der Waals surface area contributed by atoms with Gasteiger partial charge in [0, 0.05) is 12.6 Å². The Kier molecular flexibility index (Phi) is 6.80. The van der Waals surface area contributed by atoms with Crippen molar-refractivity contribution in [2.45, 2.75) is 70.4 Å². The first-order valence-electron chi connectivity index (χ1n) is 7.73. The molecule has 0 radical (unpaired) electrons. The van der Waals surface area contributed by atoms with E-state index in [0.29, 0.717) is 6.04 Å². The van der Waals surface area contributed by atoms with E-state index in [1.54, 1.807) is 0 Å². The summed E-state index contributed by atoms with van der Waals surface area (Å²) in [5, 5.41) is 3.01. The van der Waals surface area contributed by atoms with Crippen molar-refractivity contribution in [2.24, 2.45) is 5.73 Å². The first kappa shape index (κ1) is 16.4. The second kappa shape index (κ2) is 7.85. The molecule has 0 atom stereocenters. The van der Waals surface area contributed by atoms with Gasteiger partial charge in [0.1, 0.15) is 0 Å². The number of hydrogen-bond acceptors (Lipinski definition) is 3. The number of nitrogens with one attached hydrogen (secondary N) is 1. The second-order valence-electron chi connectivity index (χ2n) is 6.25. The third-order valence-electron chi connectivity index (χ3n) is 4.30. The topological polar surface area (TPSA) is 58.4 Å². The van der Waals surface area contributed by atoms with Crippen LogP contribution in [0.5, 0.6) is 0 Å². The lowest BCUT2D eigenvalue weighted by Gasteiger charge is -2.31. The van der Waals surface area contributed by atoms with Crippen LogP contribution in [0.1, 0.15) is 58.8 Å². The van der Waals surface area contributed by atoms with Crippen molar-refractivity contribution in [3.63, 3.8) is 0 Å². The summed E-state index contributed by atoms with van der Waals surface area (Å²) in [6.45, 7) is 6.23. The van der Waals surface area contributed by atoms with Crippen LogP contribution in [0, 0.1) is 0 Å². The van der Waals surface area contributed by atoms with E-state index in [1.165, 1.54) is 6.42 Å². The highest BCUT2D eigenvalue weighted by molar-refractivity contribution is 5.86. The smallest absolute Gasteiger partial charge is 0.240 e. The molecule has 0 aromatic heterocycles. The Balaban J connectivity index is 2.13. The molecule has 0 saturated heterocycles. The summed E-state index contributed by atoms with van der Waals surface area (Å²) in [5.74, 6) is 0.0596. The molecular weight excluding hydrogens is 238 g/mol. The number of nitrogens with two attached hydrogens (primary N) is 1. The Morgan fingerprint density at radius 3 is 2.47 bits per heavy atom. The highest BCUT2D eigenvalue weighted by Gasteiger charge is 2.34. The maximum Gasteiger partial charge on any atom is 0.240 e. The van der Waals surface area contributed by atoms with Crippen molar-refractivity contribution in [1.82, 2.24) is 10.2 Å². The van der Waals surface area contributed by atoms with Crippen LogP contribution in [-0.4, -0.2) is 42.5 Å². The number of carbonyl (C=O) groups is 1. The van der Waals surface area contributed by atoms with Crippen LogP contribution in [0.4, 0.5) is 0 Å². The molecule has 4 heteroatoms. The summed E-state index contributed by atoms with van der Waals surface area (Å²) in [4.78, 5) is 14.4. The van der Waals surface area contributed by atoms with Crippen molar-refractivity contribution < 1.29 is 4.79 Å². The van der Waals surface area contributed by atoms with Gasteiger partial charge in [0.05, 0.1) is 5.54 Å². The highest BCUT2D eigenvalue weighted by Crippen LogP contribution is 2.25. The predicted molar refractivity (Wildman–Crippen MR) is 80.0 cm³/mol. The molecule has 0 bridgehead atoms. The predicted octanol–water partition coefficient (Wildman–Crippen LogP) is 1.88. The molecule has 0 aromatic rings. The van der Waals surface area contributed by atoms with Crippen molar-refractivity contribution in [2.75, 3.05) is 20.1 Å². The average Bonchev–Trinajstić information content (AvgIpc) is 2.38. The number of unbranched alkanes of at least 4 members (excludes halogenated alkanes) is 1. The van der Waals surface area contributed by atoms with Crippen molar-refractivity contribution in [3.05, 3.63) is 0 Å². The van der Waals surface area contributed by atoms with E-state index in [0.717, 1.165) is 51.6 Å². The minimum absolute atomic E-state index is 0.0596. The molecule has 1 saturated carbocycles. The zero-order valence-electron chi connectivity index (χ0n) is 12.9. The molecule has 0 aliphatic heterocycles. The first-order valence-corrected chi connectivity index (χ1v) is 7.73. The van der Waals surface area contributed by atoms with Crippen LogP contribution in [0.15, 0.2) is 0 Å². The Labute approximate surface area is 118 Å². The van der Waals surface area contributed by atoms with E-state index in [-0.39, 0.29) is 5.91 Å². The quantitative estimate of drug-likeness (QED) is 0.694. The van der Waals surface area contributed by atoms with Crippen LogP contribution < -0.4 is 11.1 Å². The lowest BCUT2D eigenvalue weighted by molar-refractivity contribution is -0.127. The first-order chi connectivity index (χ1) is 8.96. The fourth-order valence-electron chi connectivity index (χ4n) is 2.53. The lowest BCUT2D eigenvalue weighted by Crippen LogP contribution is -2.55. The number of hydrogen-bond donors (Lipinski definition) is 2. The highest BCUT2D eigenvalue weighted by atomic mass is 16.2. The minimum Gasteiger partial charge on any atom is -0.355 e. The molecule has 0 heterocycles. The van der Waals surface area contributed by atoms with E-state index in [2.05, 4.69) is 31.1 Å². The van der Waals surface area contributed by atoms with Gasteiger partial charge in [0.25, 0.3) is 0 Å². The zero-order valence-corrected chi connectivity index (χ0v) is 12.9. The van der Waals surface area contributed by atoms with Crippen LogP contribution in [0.2, 0.25) is 0 Å². The Morgan fingerprint density at radius 1 is 1.26 bits per heavy atom. The van der Waals surface area contributed by atoms with Gasteiger partial charge in [-0.1, -0.05) is 19.3 Å². The molecule has 19 heavy (non-hydrogen) atoms. The largest absolute Gasteiger partial charge is 0.355 e. The van der Waals surface area contributed by atoms with Crippen LogP contribution in [-0.2, 0) is 4.79 Å². The van der Waals surface area contributed by atoms with Crippen LogP contribution in [0.25, 0.3) is 0 Å². The van der Waals surface area contributed by atoms with Gasteiger partial charge in [-0.2, -0.15) is 0 Å². The molecule has 112 valence electrons. The Hall–Kier alpha value is -0.610. The number of carbonyl (C=O) groups excluding carboxylic acids is 1. The molecule has 1 aliphatic rings. The number of amides is 1. The van der Waals surface area contributed by atoms with Gasteiger partial charge in [0.2, 0.25) is 5.91 Å². The normalized spacial score (nSPS) is 18.8. The molecule has 0 spiro atoms. The SMILES string of the molecule is CC(C)N(C)CCCCNC(=O)C1(N)CCCCC1. The Bertz CT molecular complexity index is 273. The fourth-order valence-corrected chi connectivity index (χ4v) is 2.53. The summed E-state index contributed by atoms with van der Waals surface area (Å²) < 4.78 is 0. The third-order valence-corrected chi connectivity index (χ3v) is 4.30. The molecule has 1 rings (SSSR count). The van der Waals surface area contributed by atoms with Gasteiger partial charge in [-0.3, -0.25) is 4.79 Å². The van der Waals surface area contributed by atoms with E-state index in [1.807, 2.05) is 0 Å². The van der Waals surface area contributed by atoms with Gasteiger partial charge in [0.15, 0.2) is 0 Å². The molecule has 1 aliphatic carbocycles. The molecule has 0 aromatic carbocycles. The molecular formula is C15H31N3O. The van der Waals surface area contributed by atoms with Gasteiger partial charge < -0.3 is 16.0 Å². The monoisotopic (exact) mass is 269 g/mol. The standard InChI is InChI=1S/C15H31N3O/c1-13(2)18(3)12-8-7-11-17-14(19)15(16)9-5-4-6-10-15/h13H,4-12,16H2,1-3H3,(H,17,19). The molecule has 1 fully saturated rings. The molecule has 4 nitrogen and oxygen atoms in total. The minimum atomic E-state index is -0.590. The summed E-state index contributed by atoms with van der Waals surface area (Å²) in [5.41, 5.74) is 5.59. The lowest BCUT2D eigenvalue weighted by atomic mass is 9.82. The summed E-state index contributed by atoms with van der Waals surface area (Å²) in [6, 6.07) is 0.587. The zero-order chi connectivity index (χ0) is 14.3. The molecule has 1 amide bonds. The number of rotatable bonds is 7. The Morgan fingerprint density at radius 2 is 1.89 bits per heavy atom. The third kappa shape index (κ3) is 5.49. The van der Waals surface area contributed by atoms with Crippen LogP contribution in [0.3, 0.4) is 0 Å². The van der Waals surface area contributed by atoms with E-state index in [4.69, 9.17) is 5.73 Å². The van der Waals surface area contributed by atoms with E-state index >= 15 is 0 Å². The maximum absolute atomic E-state index is 12.1. The van der Waals surface area contributed by atoms with Gasteiger partial charge in [-0.25, -0.2) is 0 Å². The summed E-state index contributed by atoms with van der Waals surface area (Å²) >= 11 is 0. The maximum atomic E-state index is 12.1. The van der Waals surface area contributed by atoms with Gasteiger partial charge in [-0.15, -0.1) is 0 Å². The molecule has 3 N–H and O–H groups in total. The van der Waals surface area contributed by atoms with Crippen molar-refractivity contribution in [1.29, 1.82) is 0 Å². The average molecular weight is 269 g/mol. The number of nitrogens with zero attached hydrogens (tertiary/aromatic N) is 1. The van der Waals surface area contributed by atoms with E-state index < -0.39 is 5.54 Å². The van der Waals surface area contributed by atoms with E-state index in [9.17, 15) is 4.79 Å². The van der Waals surface area contributed by atoms with Crippen molar-refractivity contribution in [3.8, 4) is 0 Å².